The van der Waals surface area contributed by atoms with E-state index in [9.17, 15) is 22.8 Å². The number of rotatable bonds is 5. The number of aromatic nitrogens is 3. The molecule has 1 aromatic carbocycles. The van der Waals surface area contributed by atoms with Crippen LogP contribution < -0.4 is 11.1 Å². The maximum absolute atomic E-state index is 14.2. The standard InChI is InChI=1S/C27H29F3N6O2/c1-14(15-7-8-15)35-13-17-11-16(12-19(27(28,29)30)21(17)26(35)38)20-9-10-36-24(33-20)22(23(31)34-36)25(37)32-18-5-3-2-4-6-18/h9-12,14-15,18H,2-8,13H2,1H3,(H2,31,34)(H,32,37). The first-order chi connectivity index (χ1) is 18.1. The largest absolute Gasteiger partial charge is 0.417 e. The monoisotopic (exact) mass is 526 g/mol. The van der Waals surface area contributed by atoms with Crippen LogP contribution in [0.1, 0.15) is 83.7 Å². The van der Waals surface area contributed by atoms with E-state index >= 15 is 0 Å². The van der Waals surface area contributed by atoms with E-state index in [-0.39, 0.29) is 52.5 Å². The molecular weight excluding hydrogens is 497 g/mol. The van der Waals surface area contributed by atoms with Crippen molar-refractivity contribution in [3.63, 3.8) is 0 Å². The lowest BCUT2D eigenvalue weighted by Gasteiger charge is -2.24. The Morgan fingerprint density at radius 1 is 1.16 bits per heavy atom. The van der Waals surface area contributed by atoms with E-state index in [1.54, 1.807) is 11.0 Å². The van der Waals surface area contributed by atoms with Crippen LogP contribution in [-0.2, 0) is 12.7 Å². The Morgan fingerprint density at radius 3 is 2.58 bits per heavy atom. The van der Waals surface area contributed by atoms with Crippen LogP contribution in [0.4, 0.5) is 19.0 Å². The quantitative estimate of drug-likeness (QED) is 0.496. The summed E-state index contributed by atoms with van der Waals surface area (Å²) in [7, 11) is 0. The highest BCUT2D eigenvalue weighted by Crippen LogP contribution is 2.43. The summed E-state index contributed by atoms with van der Waals surface area (Å²) in [5.41, 5.74) is 5.87. The molecule has 1 atom stereocenters. The zero-order valence-electron chi connectivity index (χ0n) is 21.0. The summed E-state index contributed by atoms with van der Waals surface area (Å²) in [6.45, 7) is 2.02. The molecule has 0 bridgehead atoms. The summed E-state index contributed by atoms with van der Waals surface area (Å²) in [4.78, 5) is 32.3. The molecule has 3 N–H and O–H groups in total. The molecule has 0 radical (unpaired) electrons. The van der Waals surface area contributed by atoms with Crippen molar-refractivity contribution in [3.8, 4) is 11.3 Å². The second-order valence-electron chi connectivity index (χ2n) is 10.7. The first-order valence-corrected chi connectivity index (χ1v) is 13.1. The number of carbonyl (C=O) groups excluding carboxylic acids is 2. The lowest BCUT2D eigenvalue weighted by molar-refractivity contribution is -0.137. The minimum atomic E-state index is -4.72. The van der Waals surface area contributed by atoms with Gasteiger partial charge in [0.15, 0.2) is 11.5 Å². The van der Waals surface area contributed by atoms with Crippen molar-refractivity contribution in [2.45, 2.75) is 76.7 Å². The lowest BCUT2D eigenvalue weighted by atomic mass is 9.95. The number of carbonyl (C=O) groups is 2. The van der Waals surface area contributed by atoms with Crippen LogP contribution in [0.5, 0.6) is 0 Å². The predicted octanol–water partition coefficient (Wildman–Crippen LogP) is 4.81. The second kappa shape index (κ2) is 8.99. The molecule has 3 aromatic rings. The molecule has 3 heterocycles. The maximum atomic E-state index is 14.2. The van der Waals surface area contributed by atoms with E-state index in [4.69, 9.17) is 5.73 Å². The number of nitrogen functional groups attached to an aromatic ring is 1. The van der Waals surface area contributed by atoms with E-state index in [1.165, 1.54) is 16.8 Å². The van der Waals surface area contributed by atoms with Gasteiger partial charge >= 0.3 is 6.18 Å². The summed E-state index contributed by atoms with van der Waals surface area (Å²) in [5.74, 6) is -0.638. The van der Waals surface area contributed by atoms with Gasteiger partial charge in [-0.25, -0.2) is 9.50 Å². The lowest BCUT2D eigenvalue weighted by Crippen LogP contribution is -2.36. The Morgan fingerprint density at radius 2 is 1.89 bits per heavy atom. The van der Waals surface area contributed by atoms with Gasteiger partial charge in [0.05, 0.1) is 16.8 Å². The fourth-order valence-electron chi connectivity index (χ4n) is 5.84. The zero-order chi connectivity index (χ0) is 26.8. The molecule has 0 spiro atoms. The van der Waals surface area contributed by atoms with Crippen LogP contribution in [0.25, 0.3) is 16.9 Å². The summed E-state index contributed by atoms with van der Waals surface area (Å²) in [5, 5.41) is 7.18. The summed E-state index contributed by atoms with van der Waals surface area (Å²) < 4.78 is 43.9. The van der Waals surface area contributed by atoms with Gasteiger partial charge in [0, 0.05) is 30.4 Å². The van der Waals surface area contributed by atoms with Crippen LogP contribution in [0.3, 0.4) is 0 Å². The van der Waals surface area contributed by atoms with Crippen molar-refractivity contribution in [1.82, 2.24) is 24.8 Å². The minimum Gasteiger partial charge on any atom is -0.381 e. The number of nitrogens with zero attached hydrogens (tertiary/aromatic N) is 4. The molecule has 2 aliphatic carbocycles. The Balaban J connectivity index is 1.39. The Hall–Kier alpha value is -3.63. The minimum absolute atomic E-state index is 0.00296. The summed E-state index contributed by atoms with van der Waals surface area (Å²) in [6.07, 6.45) is 3.75. The normalized spacial score (nSPS) is 19.2. The molecule has 1 unspecified atom stereocenters. The molecule has 2 amide bonds. The van der Waals surface area contributed by atoms with Crippen molar-refractivity contribution in [2.24, 2.45) is 5.92 Å². The highest BCUT2D eigenvalue weighted by molar-refractivity contribution is 6.04. The SMILES string of the molecule is CC(C1CC1)N1Cc2cc(-c3ccn4nc(N)c(C(=O)NC5CCCCC5)c4n3)cc(C(F)(F)F)c2C1=O. The molecule has 38 heavy (non-hydrogen) atoms. The van der Waals surface area contributed by atoms with Crippen molar-refractivity contribution in [2.75, 3.05) is 5.73 Å². The van der Waals surface area contributed by atoms with E-state index in [2.05, 4.69) is 15.4 Å². The van der Waals surface area contributed by atoms with Gasteiger partial charge in [0.1, 0.15) is 5.56 Å². The fourth-order valence-corrected chi connectivity index (χ4v) is 5.84. The van der Waals surface area contributed by atoms with Crippen LogP contribution in [-0.4, -0.2) is 43.4 Å². The van der Waals surface area contributed by atoms with E-state index < -0.39 is 23.6 Å². The van der Waals surface area contributed by atoms with E-state index in [0.717, 1.165) is 51.0 Å². The van der Waals surface area contributed by atoms with Gasteiger partial charge in [-0.2, -0.15) is 13.2 Å². The van der Waals surface area contributed by atoms with Crippen LogP contribution in [0, 0.1) is 5.92 Å². The average molecular weight is 527 g/mol. The Labute approximate surface area is 217 Å². The van der Waals surface area contributed by atoms with Crippen LogP contribution in [0.15, 0.2) is 24.4 Å². The molecule has 2 fully saturated rings. The van der Waals surface area contributed by atoms with Crippen molar-refractivity contribution in [3.05, 3.63) is 46.6 Å². The number of fused-ring (bicyclic) bond motifs is 2. The first kappa shape index (κ1) is 24.7. The molecule has 0 saturated heterocycles. The van der Waals surface area contributed by atoms with Gasteiger partial charge in [0.25, 0.3) is 11.8 Å². The molecule has 8 nitrogen and oxygen atoms in total. The van der Waals surface area contributed by atoms with Gasteiger partial charge in [-0.05, 0) is 62.3 Å². The summed E-state index contributed by atoms with van der Waals surface area (Å²) in [6, 6.07) is 4.03. The smallest absolute Gasteiger partial charge is 0.381 e. The number of hydrogen-bond donors (Lipinski definition) is 2. The number of halogens is 3. The highest BCUT2D eigenvalue weighted by atomic mass is 19.4. The van der Waals surface area contributed by atoms with E-state index in [1.807, 2.05) is 6.92 Å². The van der Waals surface area contributed by atoms with E-state index in [0.29, 0.717) is 11.5 Å². The Bertz CT molecular complexity index is 1440. The highest BCUT2D eigenvalue weighted by Gasteiger charge is 2.44. The number of nitrogens with one attached hydrogen (secondary N) is 1. The number of nitrogens with two attached hydrogens (primary N) is 1. The third kappa shape index (κ3) is 4.27. The Kier molecular flexibility index (Phi) is 5.84. The number of anilines is 1. The fraction of sp³-hybridized carbons (Fsp3) is 0.481. The van der Waals surface area contributed by atoms with Crippen molar-refractivity contribution < 1.29 is 22.8 Å². The zero-order valence-corrected chi connectivity index (χ0v) is 21.0. The molecule has 11 heteroatoms. The molecule has 3 aliphatic rings. The van der Waals surface area contributed by atoms with Crippen LogP contribution in [0.2, 0.25) is 0 Å². The van der Waals surface area contributed by atoms with Crippen molar-refractivity contribution in [1.29, 1.82) is 0 Å². The molecule has 1 aliphatic heterocycles. The number of amides is 2. The molecular formula is C27H29F3N6O2. The summed E-state index contributed by atoms with van der Waals surface area (Å²) >= 11 is 0. The molecule has 2 saturated carbocycles. The molecule has 200 valence electrons. The average Bonchev–Trinajstić information content (AvgIpc) is 3.60. The number of benzene rings is 1. The van der Waals surface area contributed by atoms with Gasteiger partial charge < -0.3 is 16.0 Å². The predicted molar refractivity (Wildman–Crippen MR) is 134 cm³/mol. The topological polar surface area (TPSA) is 106 Å². The van der Waals surface area contributed by atoms with Crippen molar-refractivity contribution >= 4 is 23.3 Å². The second-order valence-corrected chi connectivity index (χ2v) is 10.7. The molecule has 2 aromatic heterocycles. The number of alkyl halides is 3. The van der Waals surface area contributed by atoms with Gasteiger partial charge in [-0.15, -0.1) is 5.10 Å². The van der Waals surface area contributed by atoms with Gasteiger partial charge in [0.2, 0.25) is 0 Å². The third-order valence-electron chi connectivity index (χ3n) is 8.11. The first-order valence-electron chi connectivity index (χ1n) is 13.1. The maximum Gasteiger partial charge on any atom is 0.417 e. The van der Waals surface area contributed by atoms with Gasteiger partial charge in [-0.1, -0.05) is 19.3 Å². The van der Waals surface area contributed by atoms with Crippen LogP contribution >= 0.6 is 0 Å². The third-order valence-corrected chi connectivity index (χ3v) is 8.11. The molecule has 6 rings (SSSR count). The number of hydrogen-bond acceptors (Lipinski definition) is 5. The van der Waals surface area contributed by atoms with Gasteiger partial charge in [-0.3, -0.25) is 9.59 Å².